The van der Waals surface area contributed by atoms with Gasteiger partial charge in [0.15, 0.2) is 0 Å². The molecule has 1 heterocycles. The molecule has 1 aliphatic heterocycles. The average molecular weight is 176 g/mol. The predicted octanol–water partition coefficient (Wildman–Crippen LogP) is 0.314. The average Bonchev–Trinajstić information content (AvgIpc) is 2.45. The third-order valence-corrected chi connectivity index (χ3v) is 2.15. The normalized spacial score (nSPS) is 32.0. The van der Waals surface area contributed by atoms with Gasteiger partial charge in [0.25, 0.3) is 5.79 Å². The van der Waals surface area contributed by atoms with Crippen molar-refractivity contribution in [3.63, 3.8) is 0 Å². The van der Waals surface area contributed by atoms with Crippen molar-refractivity contribution in [3.05, 3.63) is 0 Å². The first-order valence-corrected chi connectivity index (χ1v) is 4.39. The smallest absolute Gasteiger partial charge is 0.338 e. The first-order chi connectivity index (χ1) is 5.52. The van der Waals surface area contributed by atoms with E-state index in [4.69, 9.17) is 10.2 Å². The number of rotatable bonds is 5. The van der Waals surface area contributed by atoms with Crippen LogP contribution < -0.4 is 0 Å². The number of epoxide rings is 1. The molecule has 72 valence electrons. The van der Waals surface area contributed by atoms with Crippen molar-refractivity contribution in [1.82, 2.24) is 0 Å². The number of ether oxygens (including phenoxy) is 1. The van der Waals surface area contributed by atoms with Crippen LogP contribution in [0.2, 0.25) is 0 Å². The van der Waals surface area contributed by atoms with Gasteiger partial charge in [0, 0.05) is 6.42 Å². The SMILES string of the molecule is CCCCCCC1(O)OC1(O)O. The van der Waals surface area contributed by atoms with Gasteiger partial charge in [0.05, 0.1) is 0 Å². The van der Waals surface area contributed by atoms with Gasteiger partial charge in [-0.15, -0.1) is 0 Å². The van der Waals surface area contributed by atoms with Crippen molar-refractivity contribution in [2.24, 2.45) is 0 Å². The molecule has 4 nitrogen and oxygen atoms in total. The van der Waals surface area contributed by atoms with Crippen LogP contribution in [0.15, 0.2) is 0 Å². The van der Waals surface area contributed by atoms with Crippen molar-refractivity contribution in [2.45, 2.75) is 50.8 Å². The predicted molar refractivity (Wildman–Crippen MR) is 42.0 cm³/mol. The van der Waals surface area contributed by atoms with E-state index >= 15 is 0 Å². The maximum atomic E-state index is 9.23. The van der Waals surface area contributed by atoms with Gasteiger partial charge < -0.3 is 15.3 Å². The lowest BCUT2D eigenvalue weighted by molar-refractivity contribution is -0.161. The van der Waals surface area contributed by atoms with E-state index < -0.39 is 11.8 Å². The van der Waals surface area contributed by atoms with Gasteiger partial charge in [-0.2, -0.15) is 0 Å². The van der Waals surface area contributed by atoms with E-state index in [0.29, 0.717) is 6.42 Å². The number of hydrogen-bond acceptors (Lipinski definition) is 4. The van der Waals surface area contributed by atoms with E-state index in [-0.39, 0.29) is 0 Å². The molecule has 1 saturated heterocycles. The summed E-state index contributed by atoms with van der Waals surface area (Å²) in [5.74, 6) is -3.99. The summed E-state index contributed by atoms with van der Waals surface area (Å²) >= 11 is 0. The molecule has 0 aromatic carbocycles. The van der Waals surface area contributed by atoms with Crippen LogP contribution in [0, 0.1) is 0 Å². The molecule has 0 aliphatic carbocycles. The van der Waals surface area contributed by atoms with Crippen molar-refractivity contribution < 1.29 is 20.1 Å². The van der Waals surface area contributed by atoms with Crippen LogP contribution in [0.4, 0.5) is 0 Å². The van der Waals surface area contributed by atoms with Crippen LogP contribution >= 0.6 is 0 Å². The summed E-state index contributed by atoms with van der Waals surface area (Å²) in [6.07, 6.45) is 4.24. The number of aliphatic hydroxyl groups is 3. The second-order valence-electron chi connectivity index (χ2n) is 3.31. The summed E-state index contributed by atoms with van der Waals surface area (Å²) in [7, 11) is 0. The van der Waals surface area contributed by atoms with Gasteiger partial charge in [-0.3, -0.25) is 4.74 Å². The third kappa shape index (κ3) is 1.95. The molecule has 1 fully saturated rings. The summed E-state index contributed by atoms with van der Waals surface area (Å²) in [6, 6.07) is 0. The summed E-state index contributed by atoms with van der Waals surface area (Å²) in [6.45, 7) is 2.09. The van der Waals surface area contributed by atoms with Gasteiger partial charge in [0.2, 0.25) is 0 Å². The molecule has 1 unspecified atom stereocenters. The molecule has 1 rings (SSSR count). The second-order valence-corrected chi connectivity index (χ2v) is 3.31. The Morgan fingerprint density at radius 3 is 2.08 bits per heavy atom. The summed E-state index contributed by atoms with van der Waals surface area (Å²) in [5.41, 5.74) is 0. The highest BCUT2D eigenvalue weighted by molar-refractivity contribution is 4.90. The molecule has 0 bridgehead atoms. The molecule has 0 amide bonds. The first-order valence-electron chi connectivity index (χ1n) is 4.39. The number of unbranched alkanes of at least 4 members (excludes halogenated alkanes) is 3. The Morgan fingerprint density at radius 2 is 1.67 bits per heavy atom. The van der Waals surface area contributed by atoms with Crippen LogP contribution in [0.25, 0.3) is 0 Å². The molecule has 0 aromatic rings. The van der Waals surface area contributed by atoms with E-state index in [1.807, 2.05) is 0 Å². The fourth-order valence-electron chi connectivity index (χ4n) is 1.22. The van der Waals surface area contributed by atoms with Crippen LogP contribution in [0.3, 0.4) is 0 Å². The van der Waals surface area contributed by atoms with Crippen LogP contribution in [0.5, 0.6) is 0 Å². The Kier molecular flexibility index (Phi) is 2.73. The molecule has 12 heavy (non-hydrogen) atoms. The highest BCUT2D eigenvalue weighted by Crippen LogP contribution is 2.44. The quantitative estimate of drug-likeness (QED) is 0.320. The Hall–Kier alpha value is -0.160. The topological polar surface area (TPSA) is 73.2 Å². The fourth-order valence-corrected chi connectivity index (χ4v) is 1.22. The molecule has 0 radical (unpaired) electrons. The highest BCUT2D eigenvalue weighted by Gasteiger charge is 2.69. The lowest BCUT2D eigenvalue weighted by atomic mass is 10.1. The summed E-state index contributed by atoms with van der Waals surface area (Å²) < 4.78 is 4.34. The van der Waals surface area contributed by atoms with Gasteiger partial charge in [-0.25, -0.2) is 0 Å². The molecule has 3 N–H and O–H groups in total. The third-order valence-electron chi connectivity index (χ3n) is 2.15. The second kappa shape index (κ2) is 3.30. The first kappa shape index (κ1) is 9.92. The Bertz CT molecular complexity index is 157. The molecular weight excluding hydrogens is 160 g/mol. The largest absolute Gasteiger partial charge is 0.359 e. The van der Waals surface area contributed by atoms with Crippen molar-refractivity contribution in [2.75, 3.05) is 0 Å². The molecule has 0 saturated carbocycles. The van der Waals surface area contributed by atoms with E-state index in [2.05, 4.69) is 11.7 Å². The lowest BCUT2D eigenvalue weighted by Gasteiger charge is -2.04. The summed E-state index contributed by atoms with van der Waals surface area (Å²) in [5, 5.41) is 26.8. The zero-order chi connectivity index (χ0) is 9.24. The Morgan fingerprint density at radius 1 is 1.08 bits per heavy atom. The highest BCUT2D eigenvalue weighted by atomic mass is 16.9. The minimum Gasteiger partial charge on any atom is -0.359 e. The van der Waals surface area contributed by atoms with Crippen molar-refractivity contribution >= 4 is 0 Å². The van der Waals surface area contributed by atoms with E-state index in [0.717, 1.165) is 25.7 Å². The van der Waals surface area contributed by atoms with Gasteiger partial charge >= 0.3 is 5.97 Å². The van der Waals surface area contributed by atoms with Gasteiger partial charge in [-0.05, 0) is 6.42 Å². The van der Waals surface area contributed by atoms with E-state index in [1.54, 1.807) is 0 Å². The van der Waals surface area contributed by atoms with Gasteiger partial charge in [-0.1, -0.05) is 26.2 Å². The van der Waals surface area contributed by atoms with E-state index in [9.17, 15) is 5.11 Å². The summed E-state index contributed by atoms with van der Waals surface area (Å²) in [4.78, 5) is 0. The Labute approximate surface area is 71.8 Å². The van der Waals surface area contributed by atoms with Crippen LogP contribution in [-0.4, -0.2) is 27.1 Å². The lowest BCUT2D eigenvalue weighted by Crippen LogP contribution is -2.24. The van der Waals surface area contributed by atoms with Gasteiger partial charge in [0.1, 0.15) is 0 Å². The Balaban J connectivity index is 2.09. The molecule has 0 aromatic heterocycles. The maximum Gasteiger partial charge on any atom is 0.338 e. The molecule has 0 spiro atoms. The van der Waals surface area contributed by atoms with Crippen LogP contribution in [0.1, 0.15) is 39.0 Å². The molecule has 1 aliphatic rings. The zero-order valence-corrected chi connectivity index (χ0v) is 7.29. The zero-order valence-electron chi connectivity index (χ0n) is 7.29. The maximum absolute atomic E-state index is 9.23. The molecule has 1 atom stereocenters. The minimum atomic E-state index is -2.29. The van der Waals surface area contributed by atoms with Crippen molar-refractivity contribution in [3.8, 4) is 0 Å². The molecular formula is C8H16O4. The van der Waals surface area contributed by atoms with Crippen LogP contribution in [-0.2, 0) is 4.74 Å². The standard InChI is InChI=1S/C8H16O4/c1-2-3-4-5-6-7(9)8(10,11)12-7/h9-11H,2-6H2,1H3. The number of hydrogen-bond donors (Lipinski definition) is 3. The van der Waals surface area contributed by atoms with Crippen molar-refractivity contribution in [1.29, 1.82) is 0 Å². The fraction of sp³-hybridized carbons (Fsp3) is 1.00. The van der Waals surface area contributed by atoms with E-state index in [1.165, 1.54) is 0 Å². The molecule has 4 heteroatoms. The monoisotopic (exact) mass is 176 g/mol. The minimum absolute atomic E-state index is 0.292.